The SMILES string of the molecule is O=C1c2ccccc2C(O)N1CCN1C(=O)c2ccccc2C1O. The largest absolute Gasteiger partial charge is 0.369 e. The van der Waals surface area contributed by atoms with Crippen molar-refractivity contribution >= 4 is 11.8 Å². The fourth-order valence-corrected chi connectivity index (χ4v) is 3.36. The molecule has 24 heavy (non-hydrogen) atoms. The van der Waals surface area contributed by atoms with Crippen molar-refractivity contribution in [2.45, 2.75) is 12.5 Å². The Morgan fingerprint density at radius 1 is 0.708 bits per heavy atom. The minimum absolute atomic E-state index is 0.144. The van der Waals surface area contributed by atoms with Crippen molar-refractivity contribution in [3.8, 4) is 0 Å². The van der Waals surface area contributed by atoms with E-state index in [0.29, 0.717) is 22.3 Å². The third kappa shape index (κ3) is 2.04. The number of fused-ring (bicyclic) bond motifs is 2. The first-order valence-corrected chi connectivity index (χ1v) is 7.75. The molecule has 0 radical (unpaired) electrons. The molecule has 122 valence electrons. The van der Waals surface area contributed by atoms with Crippen molar-refractivity contribution < 1.29 is 19.8 Å². The van der Waals surface area contributed by atoms with E-state index >= 15 is 0 Å². The second kappa shape index (κ2) is 5.43. The summed E-state index contributed by atoms with van der Waals surface area (Å²) in [4.78, 5) is 27.4. The number of benzene rings is 2. The van der Waals surface area contributed by atoms with Gasteiger partial charge in [-0.05, 0) is 12.1 Å². The monoisotopic (exact) mass is 324 g/mol. The molecule has 0 saturated heterocycles. The lowest BCUT2D eigenvalue weighted by atomic mass is 10.1. The summed E-state index contributed by atoms with van der Waals surface area (Å²) in [5.41, 5.74) is 2.08. The molecular formula is C18H16N2O4. The van der Waals surface area contributed by atoms with E-state index in [-0.39, 0.29) is 24.9 Å². The van der Waals surface area contributed by atoms with Gasteiger partial charge < -0.3 is 20.0 Å². The van der Waals surface area contributed by atoms with Crippen LogP contribution in [-0.2, 0) is 0 Å². The van der Waals surface area contributed by atoms with Crippen LogP contribution >= 0.6 is 0 Å². The lowest BCUT2D eigenvalue weighted by Gasteiger charge is -2.26. The van der Waals surface area contributed by atoms with E-state index in [0.717, 1.165) is 0 Å². The second-order valence-corrected chi connectivity index (χ2v) is 5.92. The Morgan fingerprint density at radius 3 is 1.46 bits per heavy atom. The van der Waals surface area contributed by atoms with Crippen LogP contribution in [0, 0.1) is 0 Å². The highest BCUT2D eigenvalue weighted by Gasteiger charge is 2.38. The molecular weight excluding hydrogens is 308 g/mol. The van der Waals surface area contributed by atoms with E-state index in [1.807, 2.05) is 0 Å². The maximum atomic E-state index is 12.4. The maximum Gasteiger partial charge on any atom is 0.256 e. The Kier molecular flexibility index (Phi) is 3.37. The molecule has 2 aliphatic heterocycles. The second-order valence-electron chi connectivity index (χ2n) is 5.92. The van der Waals surface area contributed by atoms with Crippen LogP contribution in [0.4, 0.5) is 0 Å². The van der Waals surface area contributed by atoms with E-state index in [1.54, 1.807) is 48.5 Å². The molecule has 2 N–H and O–H groups in total. The highest BCUT2D eigenvalue weighted by molar-refractivity contribution is 6.00. The van der Waals surface area contributed by atoms with Gasteiger partial charge in [0, 0.05) is 35.3 Å². The molecule has 2 amide bonds. The molecule has 0 bridgehead atoms. The summed E-state index contributed by atoms with van der Waals surface area (Å²) in [6.07, 6.45) is -2.04. The first-order chi connectivity index (χ1) is 11.6. The zero-order chi connectivity index (χ0) is 16.8. The van der Waals surface area contributed by atoms with Crippen molar-refractivity contribution in [2.24, 2.45) is 0 Å². The molecule has 0 spiro atoms. The van der Waals surface area contributed by atoms with Gasteiger partial charge in [-0.1, -0.05) is 36.4 Å². The maximum absolute atomic E-state index is 12.4. The fourth-order valence-electron chi connectivity index (χ4n) is 3.36. The third-order valence-corrected chi connectivity index (χ3v) is 4.63. The quantitative estimate of drug-likeness (QED) is 0.891. The highest BCUT2D eigenvalue weighted by Crippen LogP contribution is 2.33. The number of hydrogen-bond donors (Lipinski definition) is 2. The number of carbonyl (C=O) groups excluding carboxylic acids is 2. The summed E-state index contributed by atoms with van der Waals surface area (Å²) in [5, 5.41) is 20.7. The molecule has 2 aromatic rings. The Bertz CT molecular complexity index is 766. The Morgan fingerprint density at radius 2 is 1.08 bits per heavy atom. The summed E-state index contributed by atoms with van der Waals surface area (Å²) in [7, 11) is 0. The van der Waals surface area contributed by atoms with Crippen molar-refractivity contribution in [3.05, 3.63) is 70.8 Å². The predicted octanol–water partition coefficient (Wildman–Crippen LogP) is 1.28. The van der Waals surface area contributed by atoms with Crippen LogP contribution in [0.3, 0.4) is 0 Å². The Balaban J connectivity index is 1.51. The van der Waals surface area contributed by atoms with Crippen molar-refractivity contribution in [1.82, 2.24) is 9.80 Å². The fraction of sp³-hybridized carbons (Fsp3) is 0.222. The summed E-state index contributed by atoms with van der Waals surface area (Å²) in [6, 6.07) is 13.8. The number of aliphatic hydroxyl groups excluding tert-OH is 2. The first kappa shape index (κ1) is 14.9. The van der Waals surface area contributed by atoms with E-state index < -0.39 is 12.5 Å². The topological polar surface area (TPSA) is 81.1 Å². The molecule has 2 aliphatic rings. The minimum Gasteiger partial charge on any atom is -0.369 e. The lowest BCUT2D eigenvalue weighted by molar-refractivity contribution is -0.00761. The van der Waals surface area contributed by atoms with Crippen LogP contribution in [-0.4, -0.2) is 44.9 Å². The summed E-state index contributed by atoms with van der Waals surface area (Å²) in [5.74, 6) is -0.534. The lowest BCUT2D eigenvalue weighted by Crippen LogP contribution is -2.38. The van der Waals surface area contributed by atoms with Gasteiger partial charge in [-0.25, -0.2) is 0 Å². The van der Waals surface area contributed by atoms with Crippen LogP contribution in [0.1, 0.15) is 44.3 Å². The van der Waals surface area contributed by atoms with Gasteiger partial charge in [-0.15, -0.1) is 0 Å². The summed E-state index contributed by atoms with van der Waals surface area (Å²) < 4.78 is 0. The van der Waals surface area contributed by atoms with Gasteiger partial charge in [0.05, 0.1) is 0 Å². The molecule has 4 rings (SSSR count). The molecule has 2 heterocycles. The molecule has 0 aromatic heterocycles. The first-order valence-electron chi connectivity index (χ1n) is 7.75. The number of amides is 2. The molecule has 0 saturated carbocycles. The average molecular weight is 324 g/mol. The Hall–Kier alpha value is -2.70. The number of nitrogens with zero attached hydrogens (tertiary/aromatic N) is 2. The van der Waals surface area contributed by atoms with Crippen LogP contribution in [0.2, 0.25) is 0 Å². The smallest absolute Gasteiger partial charge is 0.256 e. The zero-order valence-corrected chi connectivity index (χ0v) is 12.8. The van der Waals surface area contributed by atoms with E-state index in [4.69, 9.17) is 0 Å². The van der Waals surface area contributed by atoms with Crippen LogP contribution in [0.5, 0.6) is 0 Å². The van der Waals surface area contributed by atoms with Crippen molar-refractivity contribution in [1.29, 1.82) is 0 Å². The zero-order valence-electron chi connectivity index (χ0n) is 12.8. The van der Waals surface area contributed by atoms with Gasteiger partial charge in [0.25, 0.3) is 11.8 Å². The van der Waals surface area contributed by atoms with Gasteiger partial charge >= 0.3 is 0 Å². The van der Waals surface area contributed by atoms with Gasteiger partial charge in [0.2, 0.25) is 0 Å². The molecule has 2 aromatic carbocycles. The summed E-state index contributed by atoms with van der Waals surface area (Å²) >= 11 is 0. The number of aliphatic hydroxyl groups is 2. The van der Waals surface area contributed by atoms with Crippen LogP contribution in [0.25, 0.3) is 0 Å². The van der Waals surface area contributed by atoms with Gasteiger partial charge in [-0.3, -0.25) is 9.59 Å². The van der Waals surface area contributed by atoms with E-state index in [1.165, 1.54) is 9.80 Å². The molecule has 2 atom stereocenters. The molecule has 0 aliphatic carbocycles. The predicted molar refractivity (Wildman–Crippen MR) is 84.9 cm³/mol. The van der Waals surface area contributed by atoms with E-state index in [9.17, 15) is 19.8 Å². The van der Waals surface area contributed by atoms with Gasteiger partial charge in [0.1, 0.15) is 0 Å². The molecule has 6 nitrogen and oxygen atoms in total. The normalized spacial score (nSPS) is 22.1. The summed E-state index contributed by atoms with van der Waals surface area (Å²) in [6.45, 7) is 0.289. The highest BCUT2D eigenvalue weighted by atomic mass is 16.3. The van der Waals surface area contributed by atoms with Gasteiger partial charge in [0.15, 0.2) is 12.5 Å². The van der Waals surface area contributed by atoms with Crippen LogP contribution < -0.4 is 0 Å². The van der Waals surface area contributed by atoms with Gasteiger partial charge in [-0.2, -0.15) is 0 Å². The Labute approximate surface area is 138 Å². The van der Waals surface area contributed by atoms with Crippen molar-refractivity contribution in [2.75, 3.05) is 13.1 Å². The number of rotatable bonds is 3. The minimum atomic E-state index is -1.02. The van der Waals surface area contributed by atoms with E-state index in [2.05, 4.69) is 0 Å². The van der Waals surface area contributed by atoms with Crippen LogP contribution in [0.15, 0.2) is 48.5 Å². The third-order valence-electron chi connectivity index (χ3n) is 4.63. The molecule has 0 fully saturated rings. The number of carbonyl (C=O) groups is 2. The standard InChI is InChI=1S/C18H16N2O4/c21-15-11-5-1-2-6-12(11)16(22)19(15)9-10-20-17(23)13-7-3-4-8-14(13)18(20)24/h1-8,15,17,21,23H,9-10H2. The van der Waals surface area contributed by atoms with Crippen molar-refractivity contribution in [3.63, 3.8) is 0 Å². The number of hydrogen-bond acceptors (Lipinski definition) is 4. The molecule has 2 unspecified atom stereocenters. The molecule has 6 heteroatoms. The average Bonchev–Trinajstić information content (AvgIpc) is 3.00.